The second-order valence-corrected chi connectivity index (χ2v) is 18.7. The maximum atomic E-state index is 7.65. The largest absolute Gasteiger partial charge is 0.456 e. The van der Waals surface area contributed by atoms with E-state index < -0.39 is 5.41 Å². The quantitative estimate of drug-likeness (QED) is 0.137. The lowest BCUT2D eigenvalue weighted by atomic mass is 9.66. The zero-order valence-corrected chi connectivity index (χ0v) is 39.7. The fraction of sp³-hybridized carbons (Fsp3) is 0.0145. The van der Waals surface area contributed by atoms with Crippen LogP contribution < -0.4 is 4.90 Å². The van der Waals surface area contributed by atoms with Crippen LogP contribution in [0.3, 0.4) is 0 Å². The molecule has 0 N–H and O–H groups in total. The van der Waals surface area contributed by atoms with Crippen molar-refractivity contribution >= 4 is 39.0 Å². The molecule has 0 amide bonds. The van der Waals surface area contributed by atoms with Crippen molar-refractivity contribution in [2.45, 2.75) is 5.41 Å². The molecule has 0 radical (unpaired) electrons. The van der Waals surface area contributed by atoms with Crippen LogP contribution in [-0.2, 0) is 5.41 Å². The SMILES string of the molecule is c1ccc(-c2ccc(N(c3cccc(-c4oc(-c5ccccc5)c5c4C(c4ccccc4)(c4ccccc4)c4c(-c6ccccc6)oc(-c6ccccc6)c4-5)c3)c3ccc4c(c3)oc3ccccc34)cc2)cc1. The van der Waals surface area contributed by atoms with Gasteiger partial charge >= 0.3 is 0 Å². The third-order valence-electron chi connectivity index (χ3n) is 14.6. The lowest BCUT2D eigenvalue weighted by molar-refractivity contribution is 0.580. The molecule has 13 aromatic rings. The van der Waals surface area contributed by atoms with Gasteiger partial charge < -0.3 is 18.2 Å². The topological polar surface area (TPSA) is 42.7 Å². The van der Waals surface area contributed by atoms with E-state index in [1.54, 1.807) is 0 Å². The van der Waals surface area contributed by atoms with Crippen molar-refractivity contribution in [3.05, 3.63) is 295 Å². The number of anilines is 3. The van der Waals surface area contributed by atoms with E-state index in [0.29, 0.717) is 0 Å². The summed E-state index contributed by atoms with van der Waals surface area (Å²) in [6, 6.07) is 96.5. The third-order valence-corrected chi connectivity index (χ3v) is 14.6. The Balaban J connectivity index is 1.07. The fourth-order valence-corrected chi connectivity index (χ4v) is 11.4. The number of fused-ring (bicyclic) bond motifs is 6. The Hall–Kier alpha value is -9.64. The van der Waals surface area contributed by atoms with Gasteiger partial charge in [-0.25, -0.2) is 0 Å². The highest BCUT2D eigenvalue weighted by atomic mass is 16.4. The van der Waals surface area contributed by atoms with E-state index in [1.807, 2.05) is 12.1 Å². The van der Waals surface area contributed by atoms with Gasteiger partial charge in [-0.1, -0.05) is 224 Å². The minimum absolute atomic E-state index is 0.782. The summed E-state index contributed by atoms with van der Waals surface area (Å²) in [5, 5.41) is 2.17. The van der Waals surface area contributed by atoms with Gasteiger partial charge in [-0.05, 0) is 64.7 Å². The van der Waals surface area contributed by atoms with Crippen LogP contribution in [0.15, 0.2) is 286 Å². The number of para-hydroxylation sites is 1. The van der Waals surface area contributed by atoms with E-state index in [0.717, 1.165) is 123 Å². The number of hydrogen-bond acceptors (Lipinski definition) is 4. The predicted octanol–water partition coefficient (Wildman–Crippen LogP) is 18.9. The first kappa shape index (κ1) is 42.3. The van der Waals surface area contributed by atoms with Crippen molar-refractivity contribution in [1.82, 2.24) is 0 Å². The van der Waals surface area contributed by atoms with Gasteiger partial charge in [0.1, 0.15) is 34.2 Å². The standard InChI is InChI=1S/C69H45NO3/c1-7-22-46(23-8-1)47-38-40-54(41-39-47)70(56-42-43-58-57-36-19-20-37-59(57)71-60(58)45-56)55-35-21-30-51(44-55)68-64-62(66(73-68)49-26-11-3-12-27-49)61-63(69(64,52-31-15-5-16-32-52)53-33-17-6-18-34-53)67(50-28-13-4-14-29-50)72-65(61)48-24-9-2-10-25-48/h1-45H. The number of benzene rings is 10. The molecule has 0 saturated carbocycles. The molecule has 0 atom stereocenters. The molecule has 0 unspecified atom stereocenters. The van der Waals surface area contributed by atoms with Crippen molar-refractivity contribution in [2.75, 3.05) is 4.90 Å². The van der Waals surface area contributed by atoms with Crippen LogP contribution in [0.4, 0.5) is 17.1 Å². The highest BCUT2D eigenvalue weighted by molar-refractivity contribution is 6.07. The van der Waals surface area contributed by atoms with Gasteiger partial charge in [0, 0.05) is 78.4 Å². The molecule has 3 aromatic heterocycles. The smallest absolute Gasteiger partial charge is 0.143 e. The first-order valence-electron chi connectivity index (χ1n) is 24.8. The van der Waals surface area contributed by atoms with Crippen LogP contribution in [-0.4, -0.2) is 0 Å². The first-order chi connectivity index (χ1) is 36.2. The summed E-state index contributed by atoms with van der Waals surface area (Å²) in [4.78, 5) is 2.32. The van der Waals surface area contributed by atoms with Crippen molar-refractivity contribution in [3.8, 4) is 67.5 Å². The van der Waals surface area contributed by atoms with Crippen LogP contribution in [0.5, 0.6) is 0 Å². The van der Waals surface area contributed by atoms with E-state index in [9.17, 15) is 0 Å². The molecular weight excluding hydrogens is 891 g/mol. The summed E-state index contributed by atoms with van der Waals surface area (Å²) in [6.45, 7) is 0. The molecule has 0 bridgehead atoms. The fourth-order valence-electron chi connectivity index (χ4n) is 11.4. The highest BCUT2D eigenvalue weighted by Gasteiger charge is 2.55. The lowest BCUT2D eigenvalue weighted by Gasteiger charge is -2.33. The first-order valence-corrected chi connectivity index (χ1v) is 24.8. The van der Waals surface area contributed by atoms with E-state index in [4.69, 9.17) is 13.3 Å². The predicted molar refractivity (Wildman–Crippen MR) is 297 cm³/mol. The number of furan rings is 3. The van der Waals surface area contributed by atoms with Gasteiger partial charge in [-0.3, -0.25) is 0 Å². The maximum Gasteiger partial charge on any atom is 0.143 e. The molecular formula is C69H45NO3. The van der Waals surface area contributed by atoms with Gasteiger partial charge in [-0.15, -0.1) is 0 Å². The summed E-state index contributed by atoms with van der Waals surface area (Å²) < 4.78 is 21.6. The molecule has 344 valence electrons. The zero-order valence-electron chi connectivity index (χ0n) is 39.7. The third kappa shape index (κ3) is 6.83. The van der Waals surface area contributed by atoms with E-state index in [2.05, 4.69) is 266 Å². The molecule has 4 heteroatoms. The lowest BCUT2D eigenvalue weighted by Crippen LogP contribution is -2.29. The zero-order chi connectivity index (χ0) is 48.3. The van der Waals surface area contributed by atoms with Gasteiger partial charge in [0.2, 0.25) is 0 Å². The van der Waals surface area contributed by atoms with Crippen molar-refractivity contribution < 1.29 is 13.3 Å². The Morgan fingerprint density at radius 1 is 0.260 bits per heavy atom. The number of hydrogen-bond donors (Lipinski definition) is 0. The summed E-state index contributed by atoms with van der Waals surface area (Å²) in [5.41, 5.74) is 16.3. The van der Waals surface area contributed by atoms with Crippen LogP contribution in [0.2, 0.25) is 0 Å². The molecule has 1 aliphatic rings. The molecule has 0 aliphatic heterocycles. The highest BCUT2D eigenvalue weighted by Crippen LogP contribution is 2.67. The number of rotatable bonds is 10. The summed E-state index contributed by atoms with van der Waals surface area (Å²) >= 11 is 0. The summed E-state index contributed by atoms with van der Waals surface area (Å²) in [6.07, 6.45) is 0. The maximum absolute atomic E-state index is 7.65. The van der Waals surface area contributed by atoms with Crippen molar-refractivity contribution in [2.24, 2.45) is 0 Å². The Morgan fingerprint density at radius 2 is 0.671 bits per heavy atom. The molecule has 3 heterocycles. The van der Waals surface area contributed by atoms with Gasteiger partial charge in [0.15, 0.2) is 0 Å². The average molecular weight is 936 g/mol. The Labute approximate surface area is 423 Å². The van der Waals surface area contributed by atoms with Crippen LogP contribution >= 0.6 is 0 Å². The van der Waals surface area contributed by atoms with E-state index in [-0.39, 0.29) is 0 Å². The minimum atomic E-state index is -0.907. The normalized spacial score (nSPS) is 12.5. The van der Waals surface area contributed by atoms with Gasteiger partial charge in [0.25, 0.3) is 0 Å². The second kappa shape index (κ2) is 17.3. The Morgan fingerprint density at radius 3 is 1.23 bits per heavy atom. The van der Waals surface area contributed by atoms with Crippen molar-refractivity contribution in [3.63, 3.8) is 0 Å². The Bertz CT molecular complexity index is 4060. The molecule has 1 aliphatic carbocycles. The molecule has 14 rings (SSSR count). The van der Waals surface area contributed by atoms with Crippen molar-refractivity contribution in [1.29, 1.82) is 0 Å². The molecule has 10 aromatic carbocycles. The monoisotopic (exact) mass is 935 g/mol. The van der Waals surface area contributed by atoms with E-state index >= 15 is 0 Å². The second-order valence-electron chi connectivity index (χ2n) is 18.7. The molecule has 0 saturated heterocycles. The van der Waals surface area contributed by atoms with Gasteiger partial charge in [-0.2, -0.15) is 0 Å². The molecule has 4 nitrogen and oxygen atoms in total. The molecule has 0 spiro atoms. The van der Waals surface area contributed by atoms with E-state index in [1.165, 1.54) is 5.56 Å². The molecule has 73 heavy (non-hydrogen) atoms. The van der Waals surface area contributed by atoms with Crippen LogP contribution in [0.25, 0.3) is 89.5 Å². The number of nitrogens with zero attached hydrogens (tertiary/aromatic N) is 1. The summed E-state index contributed by atoms with van der Waals surface area (Å²) in [5.74, 6) is 3.19. The Kier molecular flexibility index (Phi) is 10.0. The van der Waals surface area contributed by atoms with Gasteiger partial charge in [0.05, 0.1) is 5.41 Å². The minimum Gasteiger partial charge on any atom is -0.456 e. The average Bonchev–Trinajstić information content (AvgIpc) is 4.25. The summed E-state index contributed by atoms with van der Waals surface area (Å²) in [7, 11) is 0. The molecule has 0 fully saturated rings. The van der Waals surface area contributed by atoms with Crippen LogP contribution in [0, 0.1) is 0 Å². The van der Waals surface area contributed by atoms with Crippen LogP contribution in [0.1, 0.15) is 22.3 Å².